The standard InChI is InChI=1S/C21H19N3O3S/c1-16-10-12-18(13-11-16)21(25)23-19-7-5-6-17(14-19)15-22-24-28(26,27)20-8-3-2-4-9-20/h2-15,24H,1H3,(H,23,25)/b22-15-. The third kappa shape index (κ3) is 5.05. The molecule has 0 saturated carbocycles. The Morgan fingerprint density at radius 1 is 0.929 bits per heavy atom. The average Bonchev–Trinajstić information content (AvgIpc) is 2.69. The zero-order chi connectivity index (χ0) is 20.0. The maximum atomic E-state index is 12.3. The molecule has 0 fully saturated rings. The minimum atomic E-state index is -3.72. The lowest BCUT2D eigenvalue weighted by molar-refractivity contribution is 0.102. The van der Waals surface area contributed by atoms with E-state index in [1.165, 1.54) is 18.3 Å². The van der Waals surface area contributed by atoms with Crippen LogP contribution in [0.3, 0.4) is 0 Å². The van der Waals surface area contributed by atoms with E-state index in [-0.39, 0.29) is 10.8 Å². The maximum absolute atomic E-state index is 12.3. The lowest BCUT2D eigenvalue weighted by atomic mass is 10.1. The van der Waals surface area contributed by atoms with Gasteiger partial charge < -0.3 is 5.32 Å². The van der Waals surface area contributed by atoms with Gasteiger partial charge in [0, 0.05) is 11.3 Å². The molecule has 1 amide bonds. The van der Waals surface area contributed by atoms with Gasteiger partial charge in [0.05, 0.1) is 11.1 Å². The molecule has 0 aliphatic carbocycles. The third-order valence-electron chi connectivity index (χ3n) is 3.90. The summed E-state index contributed by atoms with van der Waals surface area (Å²) in [6, 6.07) is 22.2. The molecular formula is C21H19N3O3S. The second-order valence-corrected chi connectivity index (χ2v) is 7.77. The largest absolute Gasteiger partial charge is 0.322 e. The monoisotopic (exact) mass is 393 g/mol. The predicted molar refractivity (Wildman–Crippen MR) is 110 cm³/mol. The van der Waals surface area contributed by atoms with Crippen LogP contribution in [0.2, 0.25) is 0 Å². The molecule has 0 unspecified atom stereocenters. The number of carbonyl (C=O) groups excluding carboxylic acids is 1. The van der Waals surface area contributed by atoms with Gasteiger partial charge in [-0.3, -0.25) is 4.79 Å². The Labute approximate surface area is 164 Å². The van der Waals surface area contributed by atoms with Gasteiger partial charge in [-0.25, -0.2) is 4.83 Å². The number of hydrogen-bond donors (Lipinski definition) is 2. The Bertz CT molecular complexity index is 1090. The smallest absolute Gasteiger partial charge is 0.276 e. The van der Waals surface area contributed by atoms with Crippen LogP contribution in [-0.4, -0.2) is 20.5 Å². The third-order valence-corrected chi connectivity index (χ3v) is 5.14. The minimum Gasteiger partial charge on any atom is -0.322 e. The summed E-state index contributed by atoms with van der Waals surface area (Å²) in [5.74, 6) is -0.223. The van der Waals surface area contributed by atoms with E-state index in [9.17, 15) is 13.2 Å². The second-order valence-electron chi connectivity index (χ2n) is 6.11. The van der Waals surface area contributed by atoms with E-state index in [0.29, 0.717) is 16.8 Å². The fourth-order valence-electron chi connectivity index (χ4n) is 2.43. The first kappa shape index (κ1) is 19.3. The van der Waals surface area contributed by atoms with Crippen LogP contribution in [0.5, 0.6) is 0 Å². The van der Waals surface area contributed by atoms with Crippen molar-refractivity contribution in [3.05, 3.63) is 95.6 Å². The second kappa shape index (κ2) is 8.49. The van der Waals surface area contributed by atoms with E-state index in [1.807, 2.05) is 19.1 Å². The first-order chi connectivity index (χ1) is 13.4. The molecule has 3 rings (SSSR count). The zero-order valence-corrected chi connectivity index (χ0v) is 16.0. The highest BCUT2D eigenvalue weighted by atomic mass is 32.2. The summed E-state index contributed by atoms with van der Waals surface area (Å²) in [6.45, 7) is 1.95. The molecule has 0 spiro atoms. The minimum absolute atomic E-state index is 0.131. The van der Waals surface area contributed by atoms with E-state index < -0.39 is 10.0 Å². The van der Waals surface area contributed by atoms with E-state index in [2.05, 4.69) is 15.2 Å². The highest BCUT2D eigenvalue weighted by Crippen LogP contribution is 2.12. The molecule has 28 heavy (non-hydrogen) atoms. The van der Waals surface area contributed by atoms with Crippen molar-refractivity contribution in [3.63, 3.8) is 0 Å². The molecule has 2 N–H and O–H groups in total. The average molecular weight is 393 g/mol. The van der Waals surface area contributed by atoms with Crippen LogP contribution in [0.25, 0.3) is 0 Å². The van der Waals surface area contributed by atoms with Crippen molar-refractivity contribution in [1.29, 1.82) is 0 Å². The quantitative estimate of drug-likeness (QED) is 0.496. The van der Waals surface area contributed by atoms with E-state index in [0.717, 1.165) is 5.56 Å². The number of hydrogen-bond acceptors (Lipinski definition) is 4. The van der Waals surface area contributed by atoms with Gasteiger partial charge in [0.25, 0.3) is 15.9 Å². The molecule has 3 aromatic rings. The number of nitrogens with zero attached hydrogens (tertiary/aromatic N) is 1. The topological polar surface area (TPSA) is 87.6 Å². The Kier molecular flexibility index (Phi) is 5.86. The van der Waals surface area contributed by atoms with Crippen molar-refractivity contribution in [3.8, 4) is 0 Å². The molecule has 3 aromatic carbocycles. The lowest BCUT2D eigenvalue weighted by Crippen LogP contribution is -2.18. The Morgan fingerprint density at radius 2 is 1.64 bits per heavy atom. The molecule has 0 heterocycles. The summed E-state index contributed by atoms with van der Waals surface area (Å²) in [5, 5.41) is 6.61. The van der Waals surface area contributed by atoms with Crippen LogP contribution < -0.4 is 10.1 Å². The predicted octanol–water partition coefficient (Wildman–Crippen LogP) is 3.56. The summed E-state index contributed by atoms with van der Waals surface area (Å²) in [6.07, 6.45) is 1.38. The lowest BCUT2D eigenvalue weighted by Gasteiger charge is -2.06. The highest BCUT2D eigenvalue weighted by molar-refractivity contribution is 7.89. The van der Waals surface area contributed by atoms with Gasteiger partial charge in [0.2, 0.25) is 0 Å². The van der Waals surface area contributed by atoms with E-state index in [4.69, 9.17) is 0 Å². The SMILES string of the molecule is Cc1ccc(C(=O)Nc2cccc(/C=N\NS(=O)(=O)c3ccccc3)c2)cc1. The molecule has 0 radical (unpaired) electrons. The van der Waals surface area contributed by atoms with Gasteiger partial charge >= 0.3 is 0 Å². The van der Waals surface area contributed by atoms with Crippen molar-refractivity contribution < 1.29 is 13.2 Å². The summed E-state index contributed by atoms with van der Waals surface area (Å²) >= 11 is 0. The zero-order valence-electron chi connectivity index (χ0n) is 15.2. The first-order valence-corrected chi connectivity index (χ1v) is 10.0. The molecular weight excluding hydrogens is 374 g/mol. The number of nitrogens with one attached hydrogen (secondary N) is 2. The van der Waals surface area contributed by atoms with Gasteiger partial charge in [0.1, 0.15) is 0 Å². The van der Waals surface area contributed by atoms with Crippen LogP contribution in [0.1, 0.15) is 21.5 Å². The van der Waals surface area contributed by atoms with Crippen molar-refractivity contribution >= 4 is 27.8 Å². The van der Waals surface area contributed by atoms with Crippen molar-refractivity contribution in [1.82, 2.24) is 4.83 Å². The van der Waals surface area contributed by atoms with Crippen LogP contribution in [0.15, 0.2) is 88.9 Å². The highest BCUT2D eigenvalue weighted by Gasteiger charge is 2.11. The summed E-state index contributed by atoms with van der Waals surface area (Å²) in [7, 11) is -3.72. The Hall–Kier alpha value is -3.45. The number of carbonyl (C=O) groups is 1. The van der Waals surface area contributed by atoms with Crippen LogP contribution >= 0.6 is 0 Å². The molecule has 0 aliphatic rings. The summed E-state index contributed by atoms with van der Waals surface area (Å²) in [5.41, 5.74) is 2.85. The Balaban J connectivity index is 1.67. The molecule has 0 saturated heterocycles. The van der Waals surface area contributed by atoms with Gasteiger partial charge in [0.15, 0.2) is 0 Å². The molecule has 6 nitrogen and oxygen atoms in total. The fraction of sp³-hybridized carbons (Fsp3) is 0.0476. The van der Waals surface area contributed by atoms with Crippen molar-refractivity contribution in [2.45, 2.75) is 11.8 Å². The number of anilines is 1. The maximum Gasteiger partial charge on any atom is 0.276 e. The van der Waals surface area contributed by atoms with Gasteiger partial charge in [-0.15, -0.1) is 0 Å². The van der Waals surface area contributed by atoms with Crippen molar-refractivity contribution in [2.75, 3.05) is 5.32 Å². The number of amides is 1. The fourth-order valence-corrected chi connectivity index (χ4v) is 3.24. The van der Waals surface area contributed by atoms with Gasteiger partial charge in [-0.2, -0.15) is 13.5 Å². The van der Waals surface area contributed by atoms with Crippen molar-refractivity contribution in [2.24, 2.45) is 5.10 Å². The Morgan fingerprint density at radius 3 is 2.36 bits per heavy atom. The summed E-state index contributed by atoms with van der Waals surface area (Å²) < 4.78 is 24.3. The number of aryl methyl sites for hydroxylation is 1. The number of rotatable bonds is 6. The van der Waals surface area contributed by atoms with E-state index in [1.54, 1.807) is 54.6 Å². The molecule has 7 heteroatoms. The number of sulfonamides is 1. The molecule has 0 atom stereocenters. The van der Waals surface area contributed by atoms with Crippen LogP contribution in [0.4, 0.5) is 5.69 Å². The van der Waals surface area contributed by atoms with Gasteiger partial charge in [-0.1, -0.05) is 48.0 Å². The normalized spacial score (nSPS) is 11.3. The molecule has 0 aliphatic heterocycles. The number of benzene rings is 3. The molecule has 142 valence electrons. The van der Waals surface area contributed by atoms with E-state index >= 15 is 0 Å². The number of hydrazone groups is 1. The molecule has 0 bridgehead atoms. The van der Waals surface area contributed by atoms with Crippen LogP contribution in [0, 0.1) is 6.92 Å². The molecule has 0 aromatic heterocycles. The first-order valence-electron chi connectivity index (χ1n) is 8.52. The van der Waals surface area contributed by atoms with Crippen LogP contribution in [-0.2, 0) is 10.0 Å². The summed E-state index contributed by atoms with van der Waals surface area (Å²) in [4.78, 5) is 14.6. The van der Waals surface area contributed by atoms with Gasteiger partial charge in [-0.05, 0) is 48.9 Å².